The van der Waals surface area contributed by atoms with Gasteiger partial charge in [-0.05, 0) is 32.4 Å². The summed E-state index contributed by atoms with van der Waals surface area (Å²) < 4.78 is 5.12. The van der Waals surface area contributed by atoms with E-state index in [4.69, 9.17) is 4.74 Å². The first kappa shape index (κ1) is 15.9. The molecule has 5 heteroatoms. The molecule has 0 spiro atoms. The van der Waals surface area contributed by atoms with Gasteiger partial charge in [-0.15, -0.1) is 0 Å². The lowest BCUT2D eigenvalue weighted by molar-refractivity contribution is -0.124. The van der Waals surface area contributed by atoms with Crippen molar-refractivity contribution in [2.45, 2.75) is 33.2 Å². The molecule has 1 amide bonds. The second kappa shape index (κ2) is 7.02. The molecule has 116 valence electrons. The first-order valence-corrected chi connectivity index (χ1v) is 7.34. The van der Waals surface area contributed by atoms with Gasteiger partial charge in [0, 0.05) is 17.1 Å². The number of nitrogens with zero attached hydrogens (tertiary/aromatic N) is 1. The Kier molecular flexibility index (Phi) is 5.09. The van der Waals surface area contributed by atoms with Crippen LogP contribution in [0.4, 0.5) is 0 Å². The molecule has 1 N–H and O–H groups in total. The van der Waals surface area contributed by atoms with Crippen LogP contribution in [-0.4, -0.2) is 29.5 Å². The van der Waals surface area contributed by atoms with E-state index >= 15 is 0 Å². The quantitative estimate of drug-likeness (QED) is 0.862. The highest BCUT2D eigenvalue weighted by atomic mass is 16.5. The van der Waals surface area contributed by atoms with E-state index in [9.17, 15) is 9.59 Å². The summed E-state index contributed by atoms with van der Waals surface area (Å²) >= 11 is 0. The normalized spacial score (nSPS) is 12.0. The van der Waals surface area contributed by atoms with Crippen molar-refractivity contribution in [3.63, 3.8) is 0 Å². The average molecular weight is 300 g/mol. The Morgan fingerprint density at radius 2 is 2.05 bits per heavy atom. The van der Waals surface area contributed by atoms with Crippen molar-refractivity contribution in [1.29, 1.82) is 0 Å². The van der Waals surface area contributed by atoms with Gasteiger partial charge in [0.05, 0.1) is 11.1 Å². The number of benzene rings is 1. The van der Waals surface area contributed by atoms with Gasteiger partial charge in [-0.1, -0.05) is 25.1 Å². The van der Waals surface area contributed by atoms with Crippen LogP contribution >= 0.6 is 0 Å². The third-order valence-electron chi connectivity index (χ3n) is 3.42. The molecule has 0 fully saturated rings. The Morgan fingerprint density at radius 1 is 1.32 bits per heavy atom. The molecule has 5 nitrogen and oxygen atoms in total. The largest absolute Gasteiger partial charge is 0.452 e. The topological polar surface area (TPSA) is 68.3 Å². The highest BCUT2D eigenvalue weighted by Gasteiger charge is 2.15. The highest BCUT2D eigenvalue weighted by Crippen LogP contribution is 2.18. The molecule has 0 bridgehead atoms. The number of ether oxygens (including phenoxy) is 1. The second-order valence-electron chi connectivity index (χ2n) is 5.28. The van der Waals surface area contributed by atoms with Crippen LogP contribution in [0.3, 0.4) is 0 Å². The number of esters is 1. The number of fused-ring (bicyclic) bond motifs is 1. The minimum Gasteiger partial charge on any atom is -0.452 e. The Labute approximate surface area is 129 Å². The molecule has 0 radical (unpaired) electrons. The summed E-state index contributed by atoms with van der Waals surface area (Å²) in [5.74, 6) is -0.807. The van der Waals surface area contributed by atoms with E-state index in [1.165, 1.54) is 0 Å². The number of para-hydroxylation sites is 1. The van der Waals surface area contributed by atoms with Crippen LogP contribution in [0.5, 0.6) is 0 Å². The highest BCUT2D eigenvalue weighted by molar-refractivity contribution is 6.04. The molecule has 0 aliphatic rings. The predicted molar refractivity (Wildman–Crippen MR) is 84.7 cm³/mol. The number of hydrogen-bond donors (Lipinski definition) is 1. The molecule has 0 aliphatic heterocycles. The molecule has 0 aliphatic carbocycles. The van der Waals surface area contributed by atoms with Crippen molar-refractivity contribution in [1.82, 2.24) is 10.3 Å². The SMILES string of the molecule is CCC(C)NC(=O)COC(=O)c1cc(C)nc2ccccc12. The lowest BCUT2D eigenvalue weighted by Gasteiger charge is -2.12. The minimum absolute atomic E-state index is 0.0650. The fourth-order valence-electron chi connectivity index (χ4n) is 2.10. The van der Waals surface area contributed by atoms with Crippen LogP contribution in [0.15, 0.2) is 30.3 Å². The van der Waals surface area contributed by atoms with Crippen LogP contribution in [0.1, 0.15) is 36.3 Å². The summed E-state index contributed by atoms with van der Waals surface area (Å²) in [6.07, 6.45) is 0.827. The predicted octanol–water partition coefficient (Wildman–Crippen LogP) is 2.61. The fraction of sp³-hybridized carbons (Fsp3) is 0.353. The zero-order valence-corrected chi connectivity index (χ0v) is 13.1. The smallest absolute Gasteiger partial charge is 0.339 e. The molecule has 22 heavy (non-hydrogen) atoms. The summed E-state index contributed by atoms with van der Waals surface area (Å²) in [5.41, 5.74) is 1.90. The summed E-state index contributed by atoms with van der Waals surface area (Å²) in [4.78, 5) is 28.3. The maximum Gasteiger partial charge on any atom is 0.339 e. The number of rotatable bonds is 5. The van der Waals surface area contributed by atoms with Gasteiger partial charge < -0.3 is 10.1 Å². The summed E-state index contributed by atoms with van der Waals surface area (Å²) in [5, 5.41) is 3.48. The van der Waals surface area contributed by atoms with Crippen molar-refractivity contribution in [2.75, 3.05) is 6.61 Å². The molecule has 1 atom stereocenters. The van der Waals surface area contributed by atoms with E-state index in [0.717, 1.165) is 23.0 Å². The zero-order valence-electron chi connectivity index (χ0n) is 13.1. The Hall–Kier alpha value is -2.43. The average Bonchev–Trinajstić information content (AvgIpc) is 2.51. The number of nitrogens with one attached hydrogen (secondary N) is 1. The molecule has 0 saturated heterocycles. The number of aryl methyl sites for hydroxylation is 1. The molecule has 2 aromatic rings. The van der Waals surface area contributed by atoms with Gasteiger partial charge in [0.15, 0.2) is 6.61 Å². The van der Waals surface area contributed by atoms with Crippen LogP contribution in [-0.2, 0) is 9.53 Å². The fourth-order valence-corrected chi connectivity index (χ4v) is 2.10. The monoisotopic (exact) mass is 300 g/mol. The van der Waals surface area contributed by atoms with Gasteiger partial charge in [0.2, 0.25) is 0 Å². The Balaban J connectivity index is 2.12. The van der Waals surface area contributed by atoms with Gasteiger partial charge in [0.1, 0.15) is 0 Å². The van der Waals surface area contributed by atoms with E-state index in [1.807, 2.05) is 45.0 Å². The molecule has 1 aromatic heterocycles. The summed E-state index contributed by atoms with van der Waals surface area (Å²) in [6, 6.07) is 9.11. The van der Waals surface area contributed by atoms with Crippen LogP contribution in [0.2, 0.25) is 0 Å². The number of carbonyl (C=O) groups is 2. The number of carbonyl (C=O) groups excluding carboxylic acids is 2. The van der Waals surface area contributed by atoms with E-state index in [1.54, 1.807) is 6.07 Å². The maximum atomic E-state index is 12.2. The number of aromatic nitrogens is 1. The third kappa shape index (κ3) is 3.81. The lowest BCUT2D eigenvalue weighted by Crippen LogP contribution is -2.35. The number of pyridine rings is 1. The van der Waals surface area contributed by atoms with Gasteiger partial charge in [-0.2, -0.15) is 0 Å². The molecular formula is C17H20N2O3. The first-order chi connectivity index (χ1) is 10.5. The standard InChI is InChI=1S/C17H20N2O3/c1-4-11(2)19-16(20)10-22-17(21)14-9-12(3)18-15-8-6-5-7-13(14)15/h5-9,11H,4,10H2,1-3H3,(H,19,20). The molecule has 2 rings (SSSR count). The van der Waals surface area contributed by atoms with E-state index in [2.05, 4.69) is 10.3 Å². The Morgan fingerprint density at radius 3 is 2.77 bits per heavy atom. The van der Waals surface area contributed by atoms with Gasteiger partial charge in [-0.25, -0.2) is 4.79 Å². The maximum absolute atomic E-state index is 12.2. The zero-order chi connectivity index (χ0) is 16.1. The molecule has 0 saturated carbocycles. The second-order valence-corrected chi connectivity index (χ2v) is 5.28. The first-order valence-electron chi connectivity index (χ1n) is 7.34. The molecule has 1 heterocycles. The van der Waals surface area contributed by atoms with Crippen LogP contribution in [0.25, 0.3) is 10.9 Å². The molecule has 1 unspecified atom stereocenters. The van der Waals surface area contributed by atoms with E-state index < -0.39 is 5.97 Å². The third-order valence-corrected chi connectivity index (χ3v) is 3.42. The van der Waals surface area contributed by atoms with Crippen molar-refractivity contribution < 1.29 is 14.3 Å². The van der Waals surface area contributed by atoms with Gasteiger partial charge in [0.25, 0.3) is 5.91 Å². The van der Waals surface area contributed by atoms with E-state index in [0.29, 0.717) is 5.56 Å². The molecule has 1 aromatic carbocycles. The van der Waals surface area contributed by atoms with Crippen molar-refractivity contribution in [2.24, 2.45) is 0 Å². The number of hydrogen-bond acceptors (Lipinski definition) is 4. The summed E-state index contributed by atoms with van der Waals surface area (Å²) in [7, 11) is 0. The number of amides is 1. The van der Waals surface area contributed by atoms with Gasteiger partial charge in [-0.3, -0.25) is 9.78 Å². The Bertz CT molecular complexity index is 697. The van der Waals surface area contributed by atoms with Crippen LogP contribution in [0, 0.1) is 6.92 Å². The van der Waals surface area contributed by atoms with Crippen molar-refractivity contribution >= 4 is 22.8 Å². The van der Waals surface area contributed by atoms with Crippen molar-refractivity contribution in [3.05, 3.63) is 41.6 Å². The summed E-state index contributed by atoms with van der Waals surface area (Å²) in [6.45, 7) is 5.42. The van der Waals surface area contributed by atoms with Gasteiger partial charge >= 0.3 is 5.97 Å². The van der Waals surface area contributed by atoms with E-state index in [-0.39, 0.29) is 18.6 Å². The lowest BCUT2D eigenvalue weighted by atomic mass is 10.1. The van der Waals surface area contributed by atoms with Crippen molar-refractivity contribution in [3.8, 4) is 0 Å². The minimum atomic E-state index is -0.513. The van der Waals surface area contributed by atoms with Crippen LogP contribution < -0.4 is 5.32 Å². The molecular weight excluding hydrogens is 280 g/mol.